The normalized spacial score (nSPS) is 12.0. The van der Waals surface area contributed by atoms with Crippen molar-refractivity contribution in [3.05, 3.63) is 55.9 Å². The van der Waals surface area contributed by atoms with Crippen LogP contribution in [0, 0.1) is 0 Å². The lowest BCUT2D eigenvalue weighted by atomic mass is 10.1. The standard InChI is InChI=1S/C15H15Br2ClN2O/c1-21-15-5-2-9(16)6-11(15)14(8-19)20-10-3-4-12(17)13(18)7-10/h2-7,14,20H,8,19H2,1H3. The van der Waals surface area contributed by atoms with Crippen LogP contribution in [0.4, 0.5) is 5.69 Å². The molecule has 0 saturated carbocycles. The Hall–Kier alpha value is -0.750. The predicted molar refractivity (Wildman–Crippen MR) is 95.3 cm³/mol. The zero-order chi connectivity index (χ0) is 15.4. The number of rotatable bonds is 5. The van der Waals surface area contributed by atoms with E-state index in [0.717, 1.165) is 25.9 Å². The third-order valence-corrected chi connectivity index (χ3v) is 4.79. The first-order valence-electron chi connectivity index (χ1n) is 6.30. The van der Waals surface area contributed by atoms with Crippen molar-refractivity contribution in [1.29, 1.82) is 0 Å². The van der Waals surface area contributed by atoms with Gasteiger partial charge < -0.3 is 15.8 Å². The molecule has 0 heterocycles. The maximum atomic E-state index is 6.12. The van der Waals surface area contributed by atoms with E-state index in [1.54, 1.807) is 7.11 Å². The van der Waals surface area contributed by atoms with Gasteiger partial charge in [0.1, 0.15) is 5.75 Å². The zero-order valence-corrected chi connectivity index (χ0v) is 15.3. The van der Waals surface area contributed by atoms with E-state index in [1.165, 1.54) is 0 Å². The molecule has 112 valence electrons. The molecule has 2 aromatic carbocycles. The number of ether oxygens (including phenoxy) is 1. The highest BCUT2D eigenvalue weighted by Gasteiger charge is 2.15. The second kappa shape index (κ2) is 7.49. The second-order valence-electron chi connectivity index (χ2n) is 4.45. The molecule has 0 spiro atoms. The molecule has 0 radical (unpaired) electrons. The monoisotopic (exact) mass is 432 g/mol. The van der Waals surface area contributed by atoms with Gasteiger partial charge in [-0.1, -0.05) is 27.5 Å². The Morgan fingerprint density at radius 2 is 2.00 bits per heavy atom. The molecule has 6 heteroatoms. The van der Waals surface area contributed by atoms with Crippen molar-refractivity contribution in [1.82, 2.24) is 0 Å². The van der Waals surface area contributed by atoms with Crippen molar-refractivity contribution < 1.29 is 4.74 Å². The lowest BCUT2D eigenvalue weighted by Gasteiger charge is -2.21. The Morgan fingerprint density at radius 1 is 1.24 bits per heavy atom. The highest BCUT2D eigenvalue weighted by Crippen LogP contribution is 2.32. The summed E-state index contributed by atoms with van der Waals surface area (Å²) in [4.78, 5) is 0. The number of benzene rings is 2. The molecule has 21 heavy (non-hydrogen) atoms. The summed E-state index contributed by atoms with van der Waals surface area (Å²) < 4.78 is 7.25. The fourth-order valence-corrected chi connectivity index (χ4v) is 2.83. The van der Waals surface area contributed by atoms with Crippen molar-refractivity contribution in [2.24, 2.45) is 5.73 Å². The number of hydrogen-bond acceptors (Lipinski definition) is 3. The van der Waals surface area contributed by atoms with Crippen LogP contribution in [0.2, 0.25) is 5.02 Å². The van der Waals surface area contributed by atoms with E-state index in [1.807, 2.05) is 36.4 Å². The number of hydrogen-bond donors (Lipinski definition) is 2. The van der Waals surface area contributed by atoms with E-state index in [9.17, 15) is 0 Å². The van der Waals surface area contributed by atoms with Crippen molar-refractivity contribution in [3.63, 3.8) is 0 Å². The van der Waals surface area contributed by atoms with Crippen LogP contribution in [0.3, 0.4) is 0 Å². The van der Waals surface area contributed by atoms with Crippen molar-refractivity contribution >= 4 is 49.1 Å². The number of anilines is 1. The molecule has 3 N–H and O–H groups in total. The van der Waals surface area contributed by atoms with E-state index in [-0.39, 0.29) is 6.04 Å². The van der Waals surface area contributed by atoms with Gasteiger partial charge in [0.15, 0.2) is 0 Å². The van der Waals surface area contributed by atoms with E-state index in [4.69, 9.17) is 22.1 Å². The van der Waals surface area contributed by atoms with Crippen LogP contribution >= 0.6 is 43.5 Å². The SMILES string of the molecule is COc1ccc(Br)cc1C(CN)Nc1ccc(Br)c(Cl)c1. The van der Waals surface area contributed by atoms with E-state index in [2.05, 4.69) is 37.2 Å². The van der Waals surface area contributed by atoms with Gasteiger partial charge in [0.05, 0.1) is 18.2 Å². The van der Waals surface area contributed by atoms with Crippen LogP contribution in [-0.4, -0.2) is 13.7 Å². The maximum Gasteiger partial charge on any atom is 0.124 e. The Bertz CT molecular complexity index is 637. The topological polar surface area (TPSA) is 47.3 Å². The van der Waals surface area contributed by atoms with Crippen molar-refractivity contribution in [2.75, 3.05) is 19.0 Å². The third kappa shape index (κ3) is 4.13. The van der Waals surface area contributed by atoms with Crippen LogP contribution in [0.1, 0.15) is 11.6 Å². The van der Waals surface area contributed by atoms with Gasteiger partial charge in [-0.05, 0) is 52.3 Å². The molecular weight excluding hydrogens is 419 g/mol. The van der Waals surface area contributed by atoms with Gasteiger partial charge in [-0.15, -0.1) is 0 Å². The largest absolute Gasteiger partial charge is 0.496 e. The van der Waals surface area contributed by atoms with Gasteiger partial charge in [-0.25, -0.2) is 0 Å². The highest BCUT2D eigenvalue weighted by molar-refractivity contribution is 9.10. The molecule has 0 saturated heterocycles. The van der Waals surface area contributed by atoms with Gasteiger partial charge in [0.2, 0.25) is 0 Å². The lowest BCUT2D eigenvalue weighted by molar-refractivity contribution is 0.407. The number of methoxy groups -OCH3 is 1. The molecular formula is C15H15Br2ClN2O. The number of nitrogens with one attached hydrogen (secondary N) is 1. The maximum absolute atomic E-state index is 6.12. The molecule has 0 fully saturated rings. The molecule has 0 aromatic heterocycles. The molecule has 0 aliphatic heterocycles. The Morgan fingerprint density at radius 3 is 2.62 bits per heavy atom. The minimum atomic E-state index is -0.0744. The van der Waals surface area contributed by atoms with Crippen LogP contribution in [-0.2, 0) is 0 Å². The van der Waals surface area contributed by atoms with Gasteiger partial charge in [-0.3, -0.25) is 0 Å². The summed E-state index contributed by atoms with van der Waals surface area (Å²) in [6, 6.07) is 11.5. The molecule has 2 rings (SSSR count). The minimum absolute atomic E-state index is 0.0744. The Labute approximate surface area is 146 Å². The van der Waals surface area contributed by atoms with E-state index < -0.39 is 0 Å². The smallest absolute Gasteiger partial charge is 0.124 e. The van der Waals surface area contributed by atoms with Crippen molar-refractivity contribution in [3.8, 4) is 5.75 Å². The fraction of sp³-hybridized carbons (Fsp3) is 0.200. The fourth-order valence-electron chi connectivity index (χ4n) is 2.03. The predicted octanol–water partition coefficient (Wildman–Crippen LogP) is 4.99. The molecule has 0 aliphatic carbocycles. The first-order chi connectivity index (χ1) is 10.0. The van der Waals surface area contributed by atoms with Crippen LogP contribution in [0.5, 0.6) is 5.75 Å². The van der Waals surface area contributed by atoms with E-state index in [0.29, 0.717) is 11.6 Å². The summed E-state index contributed by atoms with van der Waals surface area (Å²) in [5.41, 5.74) is 7.82. The van der Waals surface area contributed by atoms with Gasteiger partial charge >= 0.3 is 0 Å². The Balaban J connectivity index is 2.31. The molecule has 0 aliphatic rings. The highest BCUT2D eigenvalue weighted by atomic mass is 79.9. The summed E-state index contributed by atoms with van der Waals surface area (Å²) in [5.74, 6) is 0.796. The van der Waals surface area contributed by atoms with Gasteiger partial charge in [-0.2, -0.15) is 0 Å². The molecule has 2 aromatic rings. The molecule has 1 atom stereocenters. The average Bonchev–Trinajstić information content (AvgIpc) is 2.48. The molecule has 3 nitrogen and oxygen atoms in total. The summed E-state index contributed by atoms with van der Waals surface area (Å²) in [6.07, 6.45) is 0. The Kier molecular flexibility index (Phi) is 5.93. The van der Waals surface area contributed by atoms with Crippen LogP contribution in [0.15, 0.2) is 45.3 Å². The van der Waals surface area contributed by atoms with Gasteiger partial charge in [0.25, 0.3) is 0 Å². The minimum Gasteiger partial charge on any atom is -0.496 e. The van der Waals surface area contributed by atoms with Crippen LogP contribution < -0.4 is 15.8 Å². The van der Waals surface area contributed by atoms with E-state index >= 15 is 0 Å². The number of nitrogens with two attached hydrogens (primary N) is 1. The van der Waals surface area contributed by atoms with Crippen LogP contribution in [0.25, 0.3) is 0 Å². The van der Waals surface area contributed by atoms with Crippen molar-refractivity contribution in [2.45, 2.75) is 6.04 Å². The molecule has 0 bridgehead atoms. The summed E-state index contributed by atoms with van der Waals surface area (Å²) in [6.45, 7) is 0.431. The quantitative estimate of drug-likeness (QED) is 0.697. The summed E-state index contributed by atoms with van der Waals surface area (Å²) in [7, 11) is 1.65. The first-order valence-corrected chi connectivity index (χ1v) is 8.26. The zero-order valence-electron chi connectivity index (χ0n) is 11.4. The average molecular weight is 435 g/mol. The molecule has 1 unspecified atom stereocenters. The first kappa shape index (κ1) is 16.6. The third-order valence-electron chi connectivity index (χ3n) is 3.06. The number of halogens is 3. The summed E-state index contributed by atoms with van der Waals surface area (Å²) in [5, 5.41) is 4.03. The second-order valence-corrected chi connectivity index (χ2v) is 6.62. The molecule has 0 amide bonds. The van der Waals surface area contributed by atoms with Gasteiger partial charge in [0, 0.05) is 26.7 Å². The summed E-state index contributed by atoms with van der Waals surface area (Å²) >= 11 is 13.0. The lowest BCUT2D eigenvalue weighted by Crippen LogP contribution is -2.21.